The van der Waals surface area contributed by atoms with Crippen LogP contribution in [0, 0.1) is 5.82 Å². The summed E-state index contributed by atoms with van der Waals surface area (Å²) in [5, 5.41) is 0. The van der Waals surface area contributed by atoms with Crippen LogP contribution >= 0.6 is 0 Å². The van der Waals surface area contributed by atoms with Crippen molar-refractivity contribution in [2.45, 2.75) is 41.5 Å². The Labute approximate surface area is 100 Å². The van der Waals surface area contributed by atoms with Crippen molar-refractivity contribution < 1.29 is 4.39 Å². The Kier molecular flexibility index (Phi) is 13.0. The molecule has 0 aliphatic carbocycles. The van der Waals surface area contributed by atoms with Gasteiger partial charge in [0.15, 0.2) is 0 Å². The van der Waals surface area contributed by atoms with Crippen LogP contribution in [0.2, 0.25) is 0 Å². The van der Waals surface area contributed by atoms with Crippen LogP contribution in [0.5, 0.6) is 0 Å². The minimum Gasteiger partial charge on any atom is -0.372 e. The van der Waals surface area contributed by atoms with E-state index in [1.54, 1.807) is 0 Å². The van der Waals surface area contributed by atoms with E-state index in [0.29, 0.717) is 0 Å². The van der Waals surface area contributed by atoms with Gasteiger partial charge in [0.05, 0.1) is 0 Å². The summed E-state index contributed by atoms with van der Waals surface area (Å²) >= 11 is 0. The molecule has 1 aromatic carbocycles. The van der Waals surface area contributed by atoms with E-state index in [9.17, 15) is 4.39 Å². The molecule has 0 saturated carbocycles. The van der Waals surface area contributed by atoms with Gasteiger partial charge in [-0.15, -0.1) is 0 Å². The van der Waals surface area contributed by atoms with Crippen molar-refractivity contribution in [3.63, 3.8) is 0 Å². The van der Waals surface area contributed by atoms with E-state index in [1.165, 1.54) is 12.1 Å². The highest BCUT2D eigenvalue weighted by Gasteiger charge is 1.99. The van der Waals surface area contributed by atoms with Gasteiger partial charge in [-0.25, -0.2) is 4.39 Å². The van der Waals surface area contributed by atoms with Crippen molar-refractivity contribution in [1.29, 1.82) is 0 Å². The Balaban J connectivity index is 0. The third kappa shape index (κ3) is 6.44. The summed E-state index contributed by atoms with van der Waals surface area (Å²) in [5.74, 6) is -0.175. The molecule has 94 valence electrons. The van der Waals surface area contributed by atoms with Gasteiger partial charge in [-0.1, -0.05) is 27.7 Å². The maximum Gasteiger partial charge on any atom is 0.123 e. The van der Waals surface area contributed by atoms with E-state index in [0.717, 1.165) is 18.8 Å². The fourth-order valence-electron chi connectivity index (χ4n) is 1.24. The van der Waals surface area contributed by atoms with Gasteiger partial charge < -0.3 is 4.90 Å². The summed E-state index contributed by atoms with van der Waals surface area (Å²) in [6.45, 7) is 14.1. The van der Waals surface area contributed by atoms with E-state index in [4.69, 9.17) is 0 Å². The van der Waals surface area contributed by atoms with Crippen LogP contribution in [0.1, 0.15) is 41.5 Å². The van der Waals surface area contributed by atoms with Crippen molar-refractivity contribution in [3.05, 3.63) is 30.1 Å². The van der Waals surface area contributed by atoms with Gasteiger partial charge >= 0.3 is 0 Å². The molecule has 1 nitrogen and oxygen atoms in total. The van der Waals surface area contributed by atoms with Crippen molar-refractivity contribution in [1.82, 2.24) is 0 Å². The maximum absolute atomic E-state index is 12.5. The van der Waals surface area contributed by atoms with Gasteiger partial charge in [0.1, 0.15) is 5.82 Å². The molecule has 0 bridgehead atoms. The van der Waals surface area contributed by atoms with E-state index in [2.05, 4.69) is 18.7 Å². The Morgan fingerprint density at radius 1 is 0.875 bits per heavy atom. The fraction of sp³-hybridized carbons (Fsp3) is 0.571. The highest BCUT2D eigenvalue weighted by Crippen LogP contribution is 2.13. The van der Waals surface area contributed by atoms with Gasteiger partial charge in [-0.05, 0) is 38.1 Å². The largest absolute Gasteiger partial charge is 0.372 e. The van der Waals surface area contributed by atoms with Gasteiger partial charge in [0.2, 0.25) is 0 Å². The van der Waals surface area contributed by atoms with Crippen molar-refractivity contribution in [2.24, 2.45) is 0 Å². The summed E-state index contributed by atoms with van der Waals surface area (Å²) in [6.07, 6.45) is 0. The average Bonchev–Trinajstić information content (AvgIpc) is 2.38. The summed E-state index contributed by atoms with van der Waals surface area (Å²) in [7, 11) is 0. The summed E-state index contributed by atoms with van der Waals surface area (Å²) in [6, 6.07) is 6.60. The van der Waals surface area contributed by atoms with Crippen LogP contribution in [-0.2, 0) is 0 Å². The second kappa shape index (κ2) is 12.0. The average molecular weight is 227 g/mol. The first kappa shape index (κ1) is 17.3. The zero-order valence-corrected chi connectivity index (χ0v) is 11.5. The minimum atomic E-state index is -0.175. The highest BCUT2D eigenvalue weighted by atomic mass is 19.1. The molecule has 0 fully saturated rings. The maximum atomic E-state index is 12.5. The summed E-state index contributed by atoms with van der Waals surface area (Å²) < 4.78 is 12.5. The van der Waals surface area contributed by atoms with E-state index < -0.39 is 0 Å². The second-order valence-corrected chi connectivity index (χ2v) is 2.65. The molecule has 0 spiro atoms. The topological polar surface area (TPSA) is 3.24 Å². The minimum absolute atomic E-state index is 0.175. The monoisotopic (exact) mass is 227 g/mol. The molecule has 1 rings (SSSR count). The van der Waals surface area contributed by atoms with Crippen LogP contribution < -0.4 is 4.90 Å². The Morgan fingerprint density at radius 2 is 1.25 bits per heavy atom. The molecule has 0 atom stereocenters. The Morgan fingerprint density at radius 3 is 1.56 bits per heavy atom. The van der Waals surface area contributed by atoms with Crippen molar-refractivity contribution in [2.75, 3.05) is 18.0 Å². The molecular weight excluding hydrogens is 201 g/mol. The number of hydrogen-bond acceptors (Lipinski definition) is 1. The smallest absolute Gasteiger partial charge is 0.123 e. The van der Waals surface area contributed by atoms with Crippen LogP contribution in [0.3, 0.4) is 0 Å². The first-order chi connectivity index (χ1) is 7.77. The predicted molar refractivity (Wildman–Crippen MR) is 72.7 cm³/mol. The molecule has 2 heteroatoms. The summed E-state index contributed by atoms with van der Waals surface area (Å²) in [5.41, 5.74) is 1.08. The first-order valence-electron chi connectivity index (χ1n) is 6.28. The second-order valence-electron chi connectivity index (χ2n) is 2.65. The lowest BCUT2D eigenvalue weighted by molar-refractivity contribution is 0.627. The van der Waals surface area contributed by atoms with Gasteiger partial charge in [0.25, 0.3) is 0 Å². The molecular formula is C14H26FN. The molecule has 0 radical (unpaired) electrons. The standard InChI is InChI=1S/C10H14FN.2C2H6/c1-3-12(4-2)10-7-5-9(11)6-8-10;2*1-2/h5-8H,3-4H2,1-2H3;2*1-2H3. The molecule has 0 aliphatic heterocycles. The molecule has 16 heavy (non-hydrogen) atoms. The molecule has 0 saturated heterocycles. The number of benzene rings is 1. The number of anilines is 1. The van der Waals surface area contributed by atoms with Gasteiger partial charge in [-0.3, -0.25) is 0 Å². The number of nitrogens with zero attached hydrogens (tertiary/aromatic N) is 1. The lowest BCUT2D eigenvalue weighted by Crippen LogP contribution is -2.21. The Bertz CT molecular complexity index is 227. The molecule has 0 heterocycles. The molecule has 0 aliphatic rings. The zero-order valence-electron chi connectivity index (χ0n) is 11.5. The van der Waals surface area contributed by atoms with Crippen LogP contribution in [0.25, 0.3) is 0 Å². The fourth-order valence-corrected chi connectivity index (χ4v) is 1.24. The van der Waals surface area contributed by atoms with Crippen molar-refractivity contribution >= 4 is 5.69 Å². The zero-order chi connectivity index (χ0) is 13.0. The van der Waals surface area contributed by atoms with Crippen molar-refractivity contribution in [3.8, 4) is 0 Å². The lowest BCUT2D eigenvalue weighted by atomic mass is 10.3. The molecule has 0 N–H and O–H groups in total. The number of hydrogen-bond donors (Lipinski definition) is 0. The molecule has 0 amide bonds. The van der Waals surface area contributed by atoms with E-state index in [-0.39, 0.29) is 5.82 Å². The summed E-state index contributed by atoms with van der Waals surface area (Å²) in [4.78, 5) is 2.18. The molecule has 0 aromatic heterocycles. The van der Waals surface area contributed by atoms with E-state index in [1.807, 2.05) is 39.8 Å². The highest BCUT2D eigenvalue weighted by molar-refractivity contribution is 5.45. The first-order valence-corrected chi connectivity index (χ1v) is 6.28. The van der Waals surface area contributed by atoms with Crippen LogP contribution in [0.4, 0.5) is 10.1 Å². The van der Waals surface area contributed by atoms with Crippen LogP contribution in [-0.4, -0.2) is 13.1 Å². The van der Waals surface area contributed by atoms with E-state index >= 15 is 0 Å². The molecule has 1 aromatic rings. The quantitative estimate of drug-likeness (QED) is 0.722. The predicted octanol–water partition coefficient (Wildman–Crippen LogP) is 4.72. The molecule has 0 unspecified atom stereocenters. The number of rotatable bonds is 3. The normalized spacial score (nSPS) is 8.19. The SMILES string of the molecule is CC.CC.CCN(CC)c1ccc(F)cc1. The number of halogens is 1. The third-order valence-corrected chi connectivity index (χ3v) is 1.96. The van der Waals surface area contributed by atoms with Gasteiger partial charge in [-0.2, -0.15) is 0 Å². The van der Waals surface area contributed by atoms with Gasteiger partial charge in [0, 0.05) is 18.8 Å². The lowest BCUT2D eigenvalue weighted by Gasteiger charge is -2.20. The van der Waals surface area contributed by atoms with Crippen LogP contribution in [0.15, 0.2) is 24.3 Å². The third-order valence-electron chi connectivity index (χ3n) is 1.96. The Hall–Kier alpha value is -1.05.